The van der Waals surface area contributed by atoms with Gasteiger partial charge in [-0.3, -0.25) is 4.79 Å². The number of carbonyl (C=O) groups is 1. The number of benzene rings is 2. The first kappa shape index (κ1) is 24.2. The minimum atomic E-state index is 0.124. The summed E-state index contributed by atoms with van der Waals surface area (Å²) in [6, 6.07) is 17.6. The quantitative estimate of drug-likeness (QED) is 0.235. The lowest BCUT2D eigenvalue weighted by Crippen LogP contribution is -2.47. The fourth-order valence-electron chi connectivity index (χ4n) is 4.49. The van der Waals surface area contributed by atoms with Crippen LogP contribution in [-0.4, -0.2) is 60.0 Å². The van der Waals surface area contributed by atoms with Crippen LogP contribution in [0.3, 0.4) is 0 Å². The third-order valence-corrected chi connectivity index (χ3v) is 7.85. The summed E-state index contributed by atoms with van der Waals surface area (Å²) in [5, 5.41) is 1.87. The summed E-state index contributed by atoms with van der Waals surface area (Å²) in [6.45, 7) is 5.09. The molecule has 1 amide bonds. The van der Waals surface area contributed by atoms with Gasteiger partial charge >= 0.3 is 0 Å². The molecule has 3 heterocycles. The number of nitrogens with zero attached hydrogens (tertiary/aromatic N) is 5. The standard InChI is InChI=1S/C26H27Cl2N5OS/c27-21-5-1-2-6-22(21)31-13-15-32(16-14-31)24-17-23(28)29-26(30-24)35-18-19-7-9-20(10-8-19)25(34)33-11-3-4-12-33/h1-2,5-10,17H,3-4,11-16,18H2. The molecule has 6 nitrogen and oxygen atoms in total. The maximum Gasteiger partial charge on any atom is 0.253 e. The Morgan fingerprint density at radius 1 is 0.857 bits per heavy atom. The number of amides is 1. The number of thioether (sulfide) groups is 1. The summed E-state index contributed by atoms with van der Waals surface area (Å²) < 4.78 is 0. The van der Waals surface area contributed by atoms with Crippen LogP contribution in [0.15, 0.2) is 59.8 Å². The number of hydrogen-bond donors (Lipinski definition) is 0. The first-order valence-electron chi connectivity index (χ1n) is 11.9. The van der Waals surface area contributed by atoms with Crippen molar-refractivity contribution in [1.82, 2.24) is 14.9 Å². The normalized spacial score (nSPS) is 16.1. The van der Waals surface area contributed by atoms with Gasteiger partial charge in [0.15, 0.2) is 5.16 Å². The number of hydrogen-bond acceptors (Lipinski definition) is 6. The smallest absolute Gasteiger partial charge is 0.253 e. The van der Waals surface area contributed by atoms with Crippen LogP contribution in [-0.2, 0) is 5.75 Å². The molecule has 9 heteroatoms. The second-order valence-corrected chi connectivity index (χ2v) is 10.5. The van der Waals surface area contributed by atoms with Crippen LogP contribution in [0.2, 0.25) is 10.2 Å². The second kappa shape index (κ2) is 11.1. The summed E-state index contributed by atoms with van der Waals surface area (Å²) in [4.78, 5) is 28.2. The Morgan fingerprint density at radius 3 is 2.26 bits per heavy atom. The molecule has 2 aliphatic rings. The molecule has 2 aliphatic heterocycles. The lowest BCUT2D eigenvalue weighted by molar-refractivity contribution is 0.0793. The number of para-hydroxylation sites is 1. The minimum absolute atomic E-state index is 0.124. The first-order chi connectivity index (χ1) is 17.1. The average Bonchev–Trinajstić information content (AvgIpc) is 3.43. The zero-order chi connectivity index (χ0) is 24.2. The highest BCUT2D eigenvalue weighted by molar-refractivity contribution is 7.98. The molecule has 0 N–H and O–H groups in total. The van der Waals surface area contributed by atoms with Crippen molar-refractivity contribution < 1.29 is 4.79 Å². The van der Waals surface area contributed by atoms with Crippen molar-refractivity contribution in [3.63, 3.8) is 0 Å². The zero-order valence-electron chi connectivity index (χ0n) is 19.4. The minimum Gasteiger partial charge on any atom is -0.367 e. The van der Waals surface area contributed by atoms with Crippen molar-refractivity contribution in [2.45, 2.75) is 23.8 Å². The predicted octanol–water partition coefficient (Wildman–Crippen LogP) is 5.64. The van der Waals surface area contributed by atoms with Gasteiger partial charge in [0, 0.05) is 56.7 Å². The number of carbonyl (C=O) groups excluding carboxylic acids is 1. The van der Waals surface area contributed by atoms with E-state index in [9.17, 15) is 4.79 Å². The van der Waals surface area contributed by atoms with E-state index in [1.165, 1.54) is 0 Å². The van der Waals surface area contributed by atoms with E-state index in [0.717, 1.165) is 79.8 Å². The van der Waals surface area contributed by atoms with E-state index in [1.54, 1.807) is 11.8 Å². The molecule has 182 valence electrons. The van der Waals surface area contributed by atoms with Gasteiger partial charge in [0.05, 0.1) is 10.7 Å². The van der Waals surface area contributed by atoms with Crippen molar-refractivity contribution in [2.24, 2.45) is 0 Å². The van der Waals surface area contributed by atoms with Gasteiger partial charge in [-0.25, -0.2) is 9.97 Å². The highest BCUT2D eigenvalue weighted by Crippen LogP contribution is 2.29. The van der Waals surface area contributed by atoms with Crippen LogP contribution in [0, 0.1) is 0 Å². The average molecular weight is 529 g/mol. The molecule has 2 fully saturated rings. The largest absolute Gasteiger partial charge is 0.367 e. The number of rotatable bonds is 6. The number of piperazine rings is 1. The summed E-state index contributed by atoms with van der Waals surface area (Å²) in [7, 11) is 0. The molecule has 0 saturated carbocycles. The van der Waals surface area contributed by atoms with Gasteiger partial charge in [0.1, 0.15) is 11.0 Å². The molecule has 0 aliphatic carbocycles. The number of likely N-dealkylation sites (tertiary alicyclic amines) is 1. The molecular formula is C26H27Cl2N5OS. The Balaban J connectivity index is 1.19. The van der Waals surface area contributed by atoms with Gasteiger partial charge in [-0.1, -0.05) is 59.2 Å². The van der Waals surface area contributed by atoms with Crippen LogP contribution in [0.25, 0.3) is 0 Å². The van der Waals surface area contributed by atoms with Crippen molar-refractivity contribution in [1.29, 1.82) is 0 Å². The van der Waals surface area contributed by atoms with Crippen LogP contribution in [0.4, 0.5) is 11.5 Å². The number of anilines is 2. The molecule has 2 saturated heterocycles. The van der Waals surface area contributed by atoms with E-state index in [-0.39, 0.29) is 5.91 Å². The lowest BCUT2D eigenvalue weighted by atomic mass is 10.1. The molecule has 35 heavy (non-hydrogen) atoms. The van der Waals surface area contributed by atoms with Crippen LogP contribution in [0.5, 0.6) is 0 Å². The van der Waals surface area contributed by atoms with Crippen molar-refractivity contribution in [3.8, 4) is 0 Å². The Bertz CT molecular complexity index is 1180. The first-order valence-corrected chi connectivity index (χ1v) is 13.6. The van der Waals surface area contributed by atoms with Crippen molar-refractivity contribution in [3.05, 3.63) is 75.9 Å². The van der Waals surface area contributed by atoms with Gasteiger partial charge in [-0.05, 0) is 42.7 Å². The molecule has 3 aromatic rings. The summed E-state index contributed by atoms with van der Waals surface area (Å²) >= 11 is 14.3. The van der Waals surface area contributed by atoms with Crippen LogP contribution < -0.4 is 9.80 Å². The van der Waals surface area contributed by atoms with E-state index < -0.39 is 0 Å². The van der Waals surface area contributed by atoms with Gasteiger partial charge in [-0.2, -0.15) is 0 Å². The zero-order valence-corrected chi connectivity index (χ0v) is 21.7. The summed E-state index contributed by atoms with van der Waals surface area (Å²) in [5.41, 5.74) is 2.93. The lowest BCUT2D eigenvalue weighted by Gasteiger charge is -2.37. The van der Waals surface area contributed by atoms with E-state index in [0.29, 0.717) is 16.1 Å². The monoisotopic (exact) mass is 527 g/mol. The topological polar surface area (TPSA) is 52.6 Å². The third-order valence-electron chi connectivity index (χ3n) is 6.42. The second-order valence-electron chi connectivity index (χ2n) is 8.74. The Morgan fingerprint density at radius 2 is 1.54 bits per heavy atom. The molecule has 5 rings (SSSR count). The summed E-state index contributed by atoms with van der Waals surface area (Å²) in [5.74, 6) is 1.68. The molecule has 1 aromatic heterocycles. The van der Waals surface area contributed by atoms with Gasteiger partial charge < -0.3 is 14.7 Å². The van der Waals surface area contributed by atoms with E-state index in [1.807, 2.05) is 53.4 Å². The number of halogens is 2. The molecule has 0 bridgehead atoms. The van der Waals surface area contributed by atoms with Crippen LogP contribution >= 0.6 is 35.0 Å². The fourth-order valence-corrected chi connectivity index (χ4v) is 5.78. The Labute approximate surface area is 220 Å². The molecule has 2 aromatic carbocycles. The Hall–Kier alpha value is -2.48. The van der Waals surface area contributed by atoms with Gasteiger partial charge in [0.25, 0.3) is 5.91 Å². The SMILES string of the molecule is O=C(c1ccc(CSc2nc(Cl)cc(N3CCN(c4ccccc4Cl)CC3)n2)cc1)N1CCCC1. The maximum atomic E-state index is 12.6. The van der Waals surface area contributed by atoms with Crippen molar-refractivity contribution >= 4 is 52.4 Å². The van der Waals surface area contributed by atoms with E-state index >= 15 is 0 Å². The highest BCUT2D eigenvalue weighted by Gasteiger charge is 2.21. The maximum absolute atomic E-state index is 12.6. The number of aromatic nitrogens is 2. The molecule has 0 radical (unpaired) electrons. The predicted molar refractivity (Wildman–Crippen MR) is 144 cm³/mol. The van der Waals surface area contributed by atoms with E-state index in [4.69, 9.17) is 28.2 Å². The molecule has 0 spiro atoms. The molecular weight excluding hydrogens is 501 g/mol. The third kappa shape index (κ3) is 5.85. The Kier molecular flexibility index (Phi) is 7.66. The van der Waals surface area contributed by atoms with E-state index in [2.05, 4.69) is 20.9 Å². The van der Waals surface area contributed by atoms with Crippen molar-refractivity contribution in [2.75, 3.05) is 49.1 Å². The molecule has 0 atom stereocenters. The van der Waals surface area contributed by atoms with Crippen LogP contribution in [0.1, 0.15) is 28.8 Å². The fraction of sp³-hybridized carbons (Fsp3) is 0.346. The molecule has 0 unspecified atom stereocenters. The summed E-state index contributed by atoms with van der Waals surface area (Å²) in [6.07, 6.45) is 2.19. The van der Waals surface area contributed by atoms with Gasteiger partial charge in [-0.15, -0.1) is 0 Å². The van der Waals surface area contributed by atoms with Gasteiger partial charge in [0.2, 0.25) is 0 Å². The highest BCUT2D eigenvalue weighted by atomic mass is 35.5.